The molecule has 0 radical (unpaired) electrons. The van der Waals surface area contributed by atoms with Crippen LogP contribution < -0.4 is 10.1 Å². The molecule has 1 atom stereocenters. The van der Waals surface area contributed by atoms with E-state index in [1.54, 1.807) is 0 Å². The summed E-state index contributed by atoms with van der Waals surface area (Å²) in [7, 11) is 0. The normalized spacial score (nSPS) is 12.2. The van der Waals surface area contributed by atoms with Crippen LogP contribution in [0.5, 0.6) is 5.75 Å². The van der Waals surface area contributed by atoms with Crippen molar-refractivity contribution in [2.75, 3.05) is 0 Å². The van der Waals surface area contributed by atoms with Crippen molar-refractivity contribution in [2.24, 2.45) is 5.92 Å². The highest BCUT2D eigenvalue weighted by molar-refractivity contribution is 6.31. The van der Waals surface area contributed by atoms with E-state index in [1.165, 1.54) is 0 Å². The van der Waals surface area contributed by atoms with E-state index in [-0.39, 0.29) is 24.5 Å². The molecule has 0 aliphatic heterocycles. The molecule has 4 aromatic rings. The highest BCUT2D eigenvalue weighted by Gasteiger charge is 2.21. The number of hydrogen-bond donors (Lipinski definition) is 2. The van der Waals surface area contributed by atoms with Crippen molar-refractivity contribution < 1.29 is 9.53 Å². The number of ether oxygens (including phenoxy) is 1. The van der Waals surface area contributed by atoms with Crippen molar-refractivity contribution in [1.29, 1.82) is 0 Å². The van der Waals surface area contributed by atoms with Crippen LogP contribution in [-0.4, -0.2) is 26.1 Å². The number of halogens is 1. The van der Waals surface area contributed by atoms with E-state index in [9.17, 15) is 4.79 Å². The summed E-state index contributed by atoms with van der Waals surface area (Å²) in [6.45, 7) is 11.7. The Bertz CT molecular complexity index is 1400. The van der Waals surface area contributed by atoms with Crippen LogP contribution in [0, 0.1) is 26.7 Å². The van der Waals surface area contributed by atoms with Crippen molar-refractivity contribution in [1.82, 2.24) is 25.5 Å². The minimum atomic E-state index is -0.316. The van der Waals surface area contributed by atoms with Crippen molar-refractivity contribution in [3.8, 4) is 17.0 Å². The molecule has 0 bridgehead atoms. The Hall–Kier alpha value is -3.45. The monoisotopic (exact) mass is 491 g/mol. The molecule has 4 rings (SSSR count). The molecule has 0 saturated carbocycles. The van der Waals surface area contributed by atoms with Crippen LogP contribution in [0.15, 0.2) is 36.5 Å². The molecule has 0 aliphatic carbocycles. The van der Waals surface area contributed by atoms with E-state index in [4.69, 9.17) is 21.3 Å². The second-order valence-corrected chi connectivity index (χ2v) is 9.58. The molecule has 3 aromatic heterocycles. The fourth-order valence-corrected chi connectivity index (χ4v) is 4.38. The van der Waals surface area contributed by atoms with E-state index in [2.05, 4.69) is 20.5 Å². The Morgan fingerprint density at radius 3 is 2.54 bits per heavy atom. The van der Waals surface area contributed by atoms with Crippen LogP contribution in [0.2, 0.25) is 5.02 Å². The topological polar surface area (TPSA) is 92.8 Å². The van der Waals surface area contributed by atoms with E-state index in [0.29, 0.717) is 16.5 Å². The molecule has 35 heavy (non-hydrogen) atoms. The maximum absolute atomic E-state index is 12.3. The first-order chi connectivity index (χ1) is 16.7. The number of nitrogens with zero attached hydrogens (tertiary/aromatic N) is 3. The molecular weight excluding hydrogens is 462 g/mol. The number of benzene rings is 1. The number of carbonyl (C=O) groups excluding carboxylic acids is 1. The summed E-state index contributed by atoms with van der Waals surface area (Å²) in [6, 6.07) is 9.42. The van der Waals surface area contributed by atoms with Gasteiger partial charge in [0.1, 0.15) is 17.9 Å². The maximum Gasteiger partial charge on any atom is 0.223 e. The predicted octanol–water partition coefficient (Wildman–Crippen LogP) is 6.01. The minimum Gasteiger partial charge on any atom is -0.486 e. The molecule has 1 amide bonds. The summed E-state index contributed by atoms with van der Waals surface area (Å²) >= 11 is 6.64. The van der Waals surface area contributed by atoms with E-state index < -0.39 is 0 Å². The zero-order chi connectivity index (χ0) is 25.3. The number of rotatable bonds is 7. The highest BCUT2D eigenvalue weighted by Crippen LogP contribution is 2.34. The van der Waals surface area contributed by atoms with Crippen molar-refractivity contribution in [2.45, 2.75) is 54.2 Å². The van der Waals surface area contributed by atoms with E-state index in [0.717, 1.165) is 44.7 Å². The second-order valence-electron chi connectivity index (χ2n) is 9.17. The van der Waals surface area contributed by atoms with Gasteiger partial charge >= 0.3 is 0 Å². The summed E-state index contributed by atoms with van der Waals surface area (Å²) in [5.41, 5.74) is 6.89. The average molecular weight is 492 g/mol. The van der Waals surface area contributed by atoms with Gasteiger partial charge in [0.05, 0.1) is 28.6 Å². The van der Waals surface area contributed by atoms with Crippen LogP contribution in [0.25, 0.3) is 22.2 Å². The van der Waals surface area contributed by atoms with Crippen LogP contribution in [0.4, 0.5) is 0 Å². The Kier molecular flexibility index (Phi) is 7.08. The number of aromatic nitrogens is 4. The Morgan fingerprint density at radius 1 is 1.11 bits per heavy atom. The number of amides is 1. The van der Waals surface area contributed by atoms with Crippen LogP contribution >= 0.6 is 11.6 Å². The van der Waals surface area contributed by atoms with Gasteiger partial charge in [0, 0.05) is 33.8 Å². The molecule has 182 valence electrons. The third kappa shape index (κ3) is 5.15. The molecule has 3 heterocycles. The SMILES string of the molecule is Cc1cc(Cl)c(COc2cccc3c(-c4[nH]ncc4C)cc(C)nc23)c(C(C)NC(=O)C(C)C)n1. The number of pyridine rings is 2. The molecule has 8 heteroatoms. The largest absolute Gasteiger partial charge is 0.486 e. The number of H-pyrrole nitrogens is 1. The van der Waals surface area contributed by atoms with Gasteiger partial charge in [-0.1, -0.05) is 37.6 Å². The van der Waals surface area contributed by atoms with E-state index in [1.807, 2.05) is 78.1 Å². The summed E-state index contributed by atoms with van der Waals surface area (Å²) in [4.78, 5) is 21.8. The molecule has 2 N–H and O–H groups in total. The molecule has 0 saturated heterocycles. The Balaban J connectivity index is 1.71. The molecule has 1 aromatic carbocycles. The van der Waals surface area contributed by atoms with Gasteiger partial charge in [-0.25, -0.2) is 4.98 Å². The number of hydrogen-bond acceptors (Lipinski definition) is 5. The Labute approximate surface area is 210 Å². The highest BCUT2D eigenvalue weighted by atomic mass is 35.5. The minimum absolute atomic E-state index is 0.0424. The van der Waals surface area contributed by atoms with Gasteiger partial charge in [-0.3, -0.25) is 14.9 Å². The number of aromatic amines is 1. The zero-order valence-corrected chi connectivity index (χ0v) is 21.6. The molecule has 0 spiro atoms. The maximum atomic E-state index is 12.3. The molecular formula is C27H30ClN5O2. The second kappa shape index (κ2) is 10.0. The summed E-state index contributed by atoms with van der Waals surface area (Å²) in [6.07, 6.45) is 1.81. The van der Waals surface area contributed by atoms with Gasteiger partial charge in [0.15, 0.2) is 0 Å². The Morgan fingerprint density at radius 2 is 1.86 bits per heavy atom. The van der Waals surface area contributed by atoms with E-state index >= 15 is 0 Å². The van der Waals surface area contributed by atoms with Crippen LogP contribution in [-0.2, 0) is 11.4 Å². The first-order valence-corrected chi connectivity index (χ1v) is 12.0. The van der Waals surface area contributed by atoms with Gasteiger partial charge in [-0.15, -0.1) is 0 Å². The summed E-state index contributed by atoms with van der Waals surface area (Å²) in [5, 5.41) is 11.8. The summed E-state index contributed by atoms with van der Waals surface area (Å²) in [5.74, 6) is 0.473. The van der Waals surface area contributed by atoms with Gasteiger partial charge in [-0.05, 0) is 51.5 Å². The van der Waals surface area contributed by atoms with Crippen LogP contribution in [0.1, 0.15) is 55.0 Å². The lowest BCUT2D eigenvalue weighted by atomic mass is 10.0. The number of para-hydroxylation sites is 1. The van der Waals surface area contributed by atoms with Gasteiger partial charge < -0.3 is 10.1 Å². The predicted molar refractivity (Wildman–Crippen MR) is 139 cm³/mol. The number of aryl methyl sites for hydroxylation is 3. The summed E-state index contributed by atoms with van der Waals surface area (Å²) < 4.78 is 6.30. The first-order valence-electron chi connectivity index (χ1n) is 11.7. The molecule has 7 nitrogen and oxygen atoms in total. The number of fused-ring (bicyclic) bond motifs is 1. The van der Waals surface area contributed by atoms with Crippen LogP contribution in [0.3, 0.4) is 0 Å². The number of carbonyl (C=O) groups is 1. The first kappa shape index (κ1) is 24.7. The van der Waals surface area contributed by atoms with Gasteiger partial charge in [0.25, 0.3) is 0 Å². The molecule has 0 aliphatic rings. The standard InChI is InChI=1S/C27H30ClN5O2/c1-14(2)27(34)32-18(6)25-21(22(28)11-17(5)30-25)13-35-23-9-7-8-19-20(10-16(4)31-26(19)23)24-15(3)12-29-33-24/h7-12,14,18H,13H2,1-6H3,(H,29,33)(H,32,34). The lowest BCUT2D eigenvalue weighted by molar-refractivity contribution is -0.124. The third-order valence-electron chi connectivity index (χ3n) is 5.92. The smallest absolute Gasteiger partial charge is 0.223 e. The van der Waals surface area contributed by atoms with Crippen molar-refractivity contribution in [3.05, 3.63) is 69.8 Å². The quantitative estimate of drug-likeness (QED) is 0.330. The average Bonchev–Trinajstić information content (AvgIpc) is 3.23. The third-order valence-corrected chi connectivity index (χ3v) is 6.26. The lowest BCUT2D eigenvalue weighted by Gasteiger charge is -2.20. The zero-order valence-electron chi connectivity index (χ0n) is 20.9. The fraction of sp³-hybridized carbons (Fsp3) is 0.333. The lowest BCUT2D eigenvalue weighted by Crippen LogP contribution is -2.31. The van der Waals surface area contributed by atoms with Gasteiger partial charge in [0.2, 0.25) is 5.91 Å². The number of nitrogens with one attached hydrogen (secondary N) is 2. The van der Waals surface area contributed by atoms with Gasteiger partial charge in [-0.2, -0.15) is 5.10 Å². The molecule has 0 fully saturated rings. The van der Waals surface area contributed by atoms with Crippen molar-refractivity contribution >= 4 is 28.4 Å². The molecule has 1 unspecified atom stereocenters. The fourth-order valence-electron chi connectivity index (χ4n) is 4.07. The van der Waals surface area contributed by atoms with Crippen molar-refractivity contribution in [3.63, 3.8) is 0 Å².